The molecule has 1 saturated carbocycles. The molecule has 2 aromatic rings. The number of hydrogen-bond acceptors (Lipinski definition) is 4. The van der Waals surface area contributed by atoms with E-state index in [-0.39, 0.29) is 24.5 Å². The monoisotopic (exact) mass is 352 g/mol. The minimum absolute atomic E-state index is 0.132. The molecule has 3 rings (SSSR count). The van der Waals surface area contributed by atoms with Gasteiger partial charge in [0.2, 0.25) is 0 Å². The first-order valence-corrected chi connectivity index (χ1v) is 8.57. The summed E-state index contributed by atoms with van der Waals surface area (Å²) in [6.45, 7) is 1.98. The van der Waals surface area contributed by atoms with Crippen molar-refractivity contribution in [3.8, 4) is 0 Å². The molecule has 26 heavy (non-hydrogen) atoms. The number of para-hydroxylation sites is 1. The minimum Gasteiger partial charge on any atom is -0.462 e. The average Bonchev–Trinajstić information content (AvgIpc) is 3.46. The van der Waals surface area contributed by atoms with E-state index in [4.69, 9.17) is 4.74 Å². The Morgan fingerprint density at radius 3 is 2.19 bits per heavy atom. The summed E-state index contributed by atoms with van der Waals surface area (Å²) in [5, 5.41) is 5.62. The summed E-state index contributed by atoms with van der Waals surface area (Å²) >= 11 is 0. The Labute approximate surface area is 151 Å². The van der Waals surface area contributed by atoms with Crippen molar-refractivity contribution in [3.63, 3.8) is 0 Å². The maximum atomic E-state index is 12.5. The first-order valence-electron chi connectivity index (χ1n) is 8.57. The highest BCUT2D eigenvalue weighted by atomic mass is 16.5. The van der Waals surface area contributed by atoms with Gasteiger partial charge in [-0.1, -0.05) is 12.1 Å². The molecule has 134 valence electrons. The third-order valence-corrected chi connectivity index (χ3v) is 3.99. The lowest BCUT2D eigenvalue weighted by Gasteiger charge is -2.10. The number of carbonyl (C=O) groups excluding carboxylic acids is 3. The molecule has 0 bridgehead atoms. The maximum absolute atomic E-state index is 12.5. The number of nitrogens with one attached hydrogen (secondary N) is 2. The fourth-order valence-corrected chi connectivity index (χ4v) is 2.44. The normalized spacial score (nSPS) is 13.0. The van der Waals surface area contributed by atoms with Crippen molar-refractivity contribution >= 4 is 23.5 Å². The van der Waals surface area contributed by atoms with E-state index in [9.17, 15) is 14.4 Å². The molecule has 2 aromatic carbocycles. The van der Waals surface area contributed by atoms with Gasteiger partial charge in [0.1, 0.15) is 0 Å². The van der Waals surface area contributed by atoms with Gasteiger partial charge in [0, 0.05) is 17.2 Å². The lowest BCUT2D eigenvalue weighted by atomic mass is 10.1. The maximum Gasteiger partial charge on any atom is 0.340 e. The highest BCUT2D eigenvalue weighted by Crippen LogP contribution is 2.20. The molecule has 0 spiro atoms. The molecule has 6 heteroatoms. The summed E-state index contributed by atoms with van der Waals surface area (Å²) in [5.74, 6) is -0.987. The summed E-state index contributed by atoms with van der Waals surface area (Å²) in [4.78, 5) is 36.4. The molecule has 0 aromatic heterocycles. The summed E-state index contributed by atoms with van der Waals surface area (Å²) in [5.41, 5.74) is 1.58. The van der Waals surface area contributed by atoms with Crippen molar-refractivity contribution in [2.45, 2.75) is 25.8 Å². The molecule has 0 saturated heterocycles. The van der Waals surface area contributed by atoms with Gasteiger partial charge < -0.3 is 15.4 Å². The fourth-order valence-electron chi connectivity index (χ4n) is 2.44. The Morgan fingerprint density at radius 1 is 0.962 bits per heavy atom. The highest BCUT2D eigenvalue weighted by molar-refractivity contribution is 6.08. The molecule has 2 amide bonds. The van der Waals surface area contributed by atoms with Crippen molar-refractivity contribution in [1.82, 2.24) is 5.32 Å². The summed E-state index contributed by atoms with van der Waals surface area (Å²) in [6.07, 6.45) is 2.04. The Kier molecular flexibility index (Phi) is 5.31. The molecule has 1 aliphatic rings. The first-order chi connectivity index (χ1) is 12.6. The van der Waals surface area contributed by atoms with Gasteiger partial charge in [0.25, 0.3) is 11.8 Å². The Balaban J connectivity index is 1.70. The summed E-state index contributed by atoms with van der Waals surface area (Å²) in [6, 6.07) is 13.4. The zero-order valence-electron chi connectivity index (χ0n) is 14.5. The molecular formula is C20H20N2O4. The highest BCUT2D eigenvalue weighted by Gasteiger charge is 2.23. The van der Waals surface area contributed by atoms with Gasteiger partial charge in [-0.15, -0.1) is 0 Å². The SMILES string of the molecule is CCOC(=O)c1ccccc1NC(=O)c1ccc(C(=O)NC2CC2)cc1. The number of ether oxygens (including phenoxy) is 1. The molecule has 6 nitrogen and oxygen atoms in total. The molecule has 0 heterocycles. The largest absolute Gasteiger partial charge is 0.462 e. The van der Waals surface area contributed by atoms with Crippen molar-refractivity contribution in [2.24, 2.45) is 0 Å². The Bertz CT molecular complexity index is 826. The van der Waals surface area contributed by atoms with Crippen LogP contribution in [0, 0.1) is 0 Å². The number of benzene rings is 2. The van der Waals surface area contributed by atoms with E-state index in [0.717, 1.165) is 12.8 Å². The van der Waals surface area contributed by atoms with Gasteiger partial charge in [-0.2, -0.15) is 0 Å². The van der Waals surface area contributed by atoms with Crippen LogP contribution in [0.5, 0.6) is 0 Å². The van der Waals surface area contributed by atoms with E-state index in [1.165, 1.54) is 0 Å². The third-order valence-electron chi connectivity index (χ3n) is 3.99. The van der Waals surface area contributed by atoms with E-state index in [2.05, 4.69) is 10.6 Å². The van der Waals surface area contributed by atoms with Crippen LogP contribution in [-0.4, -0.2) is 30.4 Å². The average molecular weight is 352 g/mol. The molecule has 0 radical (unpaired) electrons. The van der Waals surface area contributed by atoms with E-state index in [1.807, 2.05) is 0 Å². The molecule has 0 atom stereocenters. The van der Waals surface area contributed by atoms with Crippen LogP contribution in [0.4, 0.5) is 5.69 Å². The minimum atomic E-state index is -0.490. The predicted molar refractivity (Wildman–Crippen MR) is 97.3 cm³/mol. The van der Waals surface area contributed by atoms with Gasteiger partial charge in [0.15, 0.2) is 0 Å². The van der Waals surface area contributed by atoms with Gasteiger partial charge >= 0.3 is 5.97 Å². The lowest BCUT2D eigenvalue weighted by molar-refractivity contribution is 0.0527. The quantitative estimate of drug-likeness (QED) is 0.783. The fraction of sp³-hybridized carbons (Fsp3) is 0.250. The number of hydrogen-bond donors (Lipinski definition) is 2. The zero-order chi connectivity index (χ0) is 18.5. The lowest BCUT2D eigenvalue weighted by Crippen LogP contribution is -2.25. The van der Waals surface area contributed by atoms with Gasteiger partial charge in [-0.3, -0.25) is 9.59 Å². The van der Waals surface area contributed by atoms with Crippen molar-refractivity contribution in [1.29, 1.82) is 0 Å². The molecular weight excluding hydrogens is 332 g/mol. The van der Waals surface area contributed by atoms with Gasteiger partial charge in [-0.05, 0) is 56.2 Å². The molecule has 2 N–H and O–H groups in total. The van der Waals surface area contributed by atoms with E-state index in [1.54, 1.807) is 55.5 Å². The van der Waals surface area contributed by atoms with Gasteiger partial charge in [-0.25, -0.2) is 4.79 Å². The number of anilines is 1. The molecule has 0 aliphatic heterocycles. The topological polar surface area (TPSA) is 84.5 Å². The molecule has 1 fully saturated rings. The van der Waals surface area contributed by atoms with Crippen LogP contribution in [0.2, 0.25) is 0 Å². The summed E-state index contributed by atoms with van der Waals surface area (Å²) in [7, 11) is 0. The molecule has 0 unspecified atom stereocenters. The van der Waals surface area contributed by atoms with Crippen LogP contribution in [-0.2, 0) is 4.74 Å². The second kappa shape index (κ2) is 7.82. The number of amides is 2. The number of esters is 1. The van der Waals surface area contributed by atoms with Crippen LogP contribution < -0.4 is 10.6 Å². The van der Waals surface area contributed by atoms with Crippen LogP contribution >= 0.6 is 0 Å². The van der Waals surface area contributed by atoms with E-state index < -0.39 is 5.97 Å². The smallest absolute Gasteiger partial charge is 0.340 e. The Morgan fingerprint density at radius 2 is 1.58 bits per heavy atom. The summed E-state index contributed by atoms with van der Waals surface area (Å²) < 4.78 is 5.00. The van der Waals surface area contributed by atoms with Crippen molar-refractivity contribution in [2.75, 3.05) is 11.9 Å². The van der Waals surface area contributed by atoms with E-state index in [0.29, 0.717) is 22.4 Å². The van der Waals surface area contributed by atoms with Crippen LogP contribution in [0.25, 0.3) is 0 Å². The number of carbonyl (C=O) groups is 3. The van der Waals surface area contributed by atoms with E-state index >= 15 is 0 Å². The Hall–Kier alpha value is -3.15. The van der Waals surface area contributed by atoms with Crippen LogP contribution in [0.15, 0.2) is 48.5 Å². The zero-order valence-corrected chi connectivity index (χ0v) is 14.5. The van der Waals surface area contributed by atoms with Crippen LogP contribution in [0.1, 0.15) is 50.8 Å². The third kappa shape index (κ3) is 4.27. The standard InChI is InChI=1S/C20H20N2O4/c1-2-26-20(25)16-5-3-4-6-17(16)22-19(24)14-9-7-13(8-10-14)18(23)21-15-11-12-15/h3-10,15H,2,11-12H2,1H3,(H,21,23)(H,22,24). The van der Waals surface area contributed by atoms with Gasteiger partial charge in [0.05, 0.1) is 17.9 Å². The van der Waals surface area contributed by atoms with Crippen molar-refractivity contribution < 1.29 is 19.1 Å². The first kappa shape index (κ1) is 17.7. The number of rotatable bonds is 6. The predicted octanol–water partition coefficient (Wildman–Crippen LogP) is 3.01. The van der Waals surface area contributed by atoms with Crippen molar-refractivity contribution in [3.05, 3.63) is 65.2 Å². The second-order valence-corrected chi connectivity index (χ2v) is 6.05. The van der Waals surface area contributed by atoms with Crippen LogP contribution in [0.3, 0.4) is 0 Å². The molecule has 1 aliphatic carbocycles. The second-order valence-electron chi connectivity index (χ2n) is 6.05.